The van der Waals surface area contributed by atoms with Crippen LogP contribution in [0.15, 0.2) is 35.6 Å². The summed E-state index contributed by atoms with van der Waals surface area (Å²) >= 11 is 1.46. The SMILES string of the molecule is CSc1nnnn1-c1cccc(Nc2ncc(F)c(NC3CC(C)(C)N(C)C(C)(C)C3)n2)c1. The Morgan fingerprint density at radius 3 is 2.58 bits per heavy atom. The molecule has 0 unspecified atom stereocenters. The second-order valence-electron chi connectivity index (χ2n) is 9.58. The molecular formula is C22H30FN9S. The van der Waals surface area contributed by atoms with Crippen LogP contribution in [0.4, 0.5) is 21.8 Å². The molecule has 9 nitrogen and oxygen atoms in total. The Hall–Kier alpha value is -2.79. The van der Waals surface area contributed by atoms with E-state index in [9.17, 15) is 4.39 Å². The van der Waals surface area contributed by atoms with Crippen molar-refractivity contribution in [2.24, 2.45) is 0 Å². The first kappa shape index (κ1) is 23.4. The molecule has 0 aliphatic carbocycles. The molecule has 0 radical (unpaired) electrons. The number of halogens is 1. The molecule has 2 N–H and O–H groups in total. The van der Waals surface area contributed by atoms with Crippen LogP contribution in [0.2, 0.25) is 0 Å². The maximum absolute atomic E-state index is 14.6. The lowest BCUT2D eigenvalue weighted by Crippen LogP contribution is -2.61. The van der Waals surface area contributed by atoms with Crippen LogP contribution < -0.4 is 10.6 Å². The molecule has 0 atom stereocenters. The Bertz CT molecular complexity index is 1110. The van der Waals surface area contributed by atoms with Crippen molar-refractivity contribution in [3.8, 4) is 5.69 Å². The van der Waals surface area contributed by atoms with Crippen molar-refractivity contribution in [3.05, 3.63) is 36.3 Å². The molecule has 176 valence electrons. The number of hydrogen-bond donors (Lipinski definition) is 2. The van der Waals surface area contributed by atoms with Gasteiger partial charge in [0.15, 0.2) is 11.6 Å². The fourth-order valence-corrected chi connectivity index (χ4v) is 4.94. The Morgan fingerprint density at radius 2 is 1.88 bits per heavy atom. The molecule has 0 bridgehead atoms. The molecule has 0 spiro atoms. The van der Waals surface area contributed by atoms with Crippen molar-refractivity contribution < 1.29 is 4.39 Å². The monoisotopic (exact) mass is 471 g/mol. The smallest absolute Gasteiger partial charge is 0.229 e. The van der Waals surface area contributed by atoms with Gasteiger partial charge in [0.05, 0.1) is 11.9 Å². The molecular weight excluding hydrogens is 441 g/mol. The number of thioether (sulfide) groups is 1. The molecule has 3 heterocycles. The van der Waals surface area contributed by atoms with E-state index >= 15 is 0 Å². The Morgan fingerprint density at radius 1 is 1.15 bits per heavy atom. The molecule has 1 aromatic carbocycles. The summed E-state index contributed by atoms with van der Waals surface area (Å²) in [7, 11) is 2.15. The van der Waals surface area contributed by atoms with Gasteiger partial charge in [-0.15, -0.1) is 5.10 Å². The second kappa shape index (κ2) is 8.86. The molecule has 0 amide bonds. The van der Waals surface area contributed by atoms with Crippen LogP contribution in [-0.2, 0) is 0 Å². The zero-order valence-corrected chi connectivity index (χ0v) is 20.6. The van der Waals surface area contributed by atoms with Gasteiger partial charge in [-0.05, 0) is 82.5 Å². The molecule has 1 aliphatic heterocycles. The molecule has 11 heteroatoms. The van der Waals surface area contributed by atoms with Crippen LogP contribution in [0.1, 0.15) is 40.5 Å². The fraction of sp³-hybridized carbons (Fsp3) is 0.500. The highest BCUT2D eigenvalue weighted by Gasteiger charge is 2.43. The van der Waals surface area contributed by atoms with Gasteiger partial charge in [0.1, 0.15) is 0 Å². The van der Waals surface area contributed by atoms with Gasteiger partial charge in [-0.25, -0.2) is 9.37 Å². The largest absolute Gasteiger partial charge is 0.365 e. The minimum Gasteiger partial charge on any atom is -0.365 e. The molecule has 2 aromatic heterocycles. The minimum absolute atomic E-state index is 0.0176. The Balaban J connectivity index is 1.53. The second-order valence-corrected chi connectivity index (χ2v) is 10.3. The topological polar surface area (TPSA) is 96.7 Å². The first-order valence-corrected chi connectivity index (χ1v) is 12.0. The van der Waals surface area contributed by atoms with Crippen molar-refractivity contribution in [2.75, 3.05) is 23.9 Å². The average molecular weight is 472 g/mol. The van der Waals surface area contributed by atoms with E-state index in [1.54, 1.807) is 4.68 Å². The molecule has 4 rings (SSSR count). The Kier molecular flexibility index (Phi) is 6.28. The maximum atomic E-state index is 14.6. The van der Waals surface area contributed by atoms with Gasteiger partial charge >= 0.3 is 0 Å². The molecule has 1 saturated heterocycles. The highest BCUT2D eigenvalue weighted by Crippen LogP contribution is 2.38. The van der Waals surface area contributed by atoms with E-state index in [-0.39, 0.29) is 22.9 Å². The van der Waals surface area contributed by atoms with Gasteiger partial charge in [0, 0.05) is 22.8 Å². The normalized spacial score (nSPS) is 18.3. The van der Waals surface area contributed by atoms with Crippen molar-refractivity contribution in [3.63, 3.8) is 0 Å². The van der Waals surface area contributed by atoms with Gasteiger partial charge in [0.25, 0.3) is 0 Å². The number of anilines is 3. The van der Waals surface area contributed by atoms with E-state index in [1.807, 2.05) is 30.5 Å². The number of likely N-dealkylation sites (tertiary alicyclic amines) is 1. The third kappa shape index (κ3) is 4.93. The number of nitrogens with zero attached hydrogens (tertiary/aromatic N) is 7. The summed E-state index contributed by atoms with van der Waals surface area (Å²) in [6.45, 7) is 8.86. The first-order valence-electron chi connectivity index (χ1n) is 10.8. The quantitative estimate of drug-likeness (QED) is 0.515. The molecule has 1 aliphatic rings. The van der Waals surface area contributed by atoms with E-state index in [0.717, 1.165) is 24.2 Å². The van der Waals surface area contributed by atoms with E-state index in [4.69, 9.17) is 0 Å². The number of piperidine rings is 1. The maximum Gasteiger partial charge on any atom is 0.229 e. The number of aromatic nitrogens is 6. The number of benzene rings is 1. The summed E-state index contributed by atoms with van der Waals surface area (Å²) in [6, 6.07) is 7.65. The fourth-order valence-electron chi connectivity index (χ4n) is 4.51. The third-order valence-electron chi connectivity index (χ3n) is 6.36. The van der Waals surface area contributed by atoms with Crippen molar-refractivity contribution in [1.82, 2.24) is 35.1 Å². The highest BCUT2D eigenvalue weighted by atomic mass is 32.2. The summed E-state index contributed by atoms with van der Waals surface area (Å²) in [4.78, 5) is 10.9. The van der Waals surface area contributed by atoms with E-state index in [0.29, 0.717) is 11.1 Å². The van der Waals surface area contributed by atoms with Gasteiger partial charge in [-0.2, -0.15) is 9.67 Å². The number of hydrogen-bond acceptors (Lipinski definition) is 9. The number of tetrazole rings is 1. The van der Waals surface area contributed by atoms with E-state index in [2.05, 4.69) is 75.8 Å². The first-order chi connectivity index (χ1) is 15.6. The van der Waals surface area contributed by atoms with E-state index in [1.165, 1.54) is 18.0 Å². The van der Waals surface area contributed by atoms with Crippen LogP contribution in [0, 0.1) is 5.82 Å². The summed E-state index contributed by atoms with van der Waals surface area (Å²) in [5, 5.41) is 18.9. The Labute approximate surface area is 197 Å². The number of nitrogens with one attached hydrogen (secondary N) is 2. The predicted octanol–water partition coefficient (Wildman–Crippen LogP) is 4.12. The lowest BCUT2D eigenvalue weighted by atomic mass is 9.77. The zero-order chi connectivity index (χ0) is 23.8. The van der Waals surface area contributed by atoms with Gasteiger partial charge < -0.3 is 10.6 Å². The molecule has 1 fully saturated rings. The van der Waals surface area contributed by atoms with Crippen LogP contribution in [0.3, 0.4) is 0 Å². The van der Waals surface area contributed by atoms with Crippen molar-refractivity contribution >= 4 is 29.2 Å². The molecule has 0 saturated carbocycles. The predicted molar refractivity (Wildman–Crippen MR) is 129 cm³/mol. The van der Waals surface area contributed by atoms with Gasteiger partial charge in [0.2, 0.25) is 11.1 Å². The minimum atomic E-state index is -0.470. The van der Waals surface area contributed by atoms with Crippen LogP contribution in [0.5, 0.6) is 0 Å². The number of rotatable bonds is 6. The van der Waals surface area contributed by atoms with Crippen LogP contribution in [0.25, 0.3) is 5.69 Å². The average Bonchev–Trinajstić information content (AvgIpc) is 3.23. The van der Waals surface area contributed by atoms with Crippen molar-refractivity contribution in [2.45, 2.75) is 62.8 Å². The summed E-state index contributed by atoms with van der Waals surface area (Å²) < 4.78 is 16.3. The lowest BCUT2D eigenvalue weighted by molar-refractivity contribution is -0.00778. The summed E-state index contributed by atoms with van der Waals surface area (Å²) in [5.41, 5.74) is 1.51. The lowest BCUT2D eigenvalue weighted by Gasteiger charge is -2.53. The van der Waals surface area contributed by atoms with Gasteiger partial charge in [-0.3, -0.25) is 4.90 Å². The van der Waals surface area contributed by atoms with Crippen LogP contribution >= 0.6 is 11.8 Å². The third-order valence-corrected chi connectivity index (χ3v) is 6.98. The van der Waals surface area contributed by atoms with Gasteiger partial charge in [-0.1, -0.05) is 17.8 Å². The summed E-state index contributed by atoms with van der Waals surface area (Å²) in [5.74, 6) is 0.0430. The standard InChI is InChI=1S/C22H30FN9S/c1-21(2)11-15(12-22(3,4)31(21)5)25-18-17(23)13-24-19(27-18)26-14-8-7-9-16(10-14)32-20(33-6)28-29-30-32/h7-10,13,15H,11-12H2,1-6H3,(H2,24,25,26,27). The highest BCUT2D eigenvalue weighted by molar-refractivity contribution is 7.98. The van der Waals surface area contributed by atoms with Crippen molar-refractivity contribution in [1.29, 1.82) is 0 Å². The molecule has 3 aromatic rings. The summed E-state index contributed by atoms with van der Waals surface area (Å²) in [6.07, 6.45) is 4.87. The zero-order valence-electron chi connectivity index (χ0n) is 19.8. The van der Waals surface area contributed by atoms with E-state index < -0.39 is 5.82 Å². The van der Waals surface area contributed by atoms with Crippen LogP contribution in [-0.4, -0.2) is 65.5 Å². The molecule has 33 heavy (non-hydrogen) atoms.